The third-order valence-corrected chi connectivity index (χ3v) is 3.58. The van der Waals surface area contributed by atoms with Crippen LogP contribution in [0, 0.1) is 13.8 Å². The highest BCUT2D eigenvalue weighted by Crippen LogP contribution is 2.22. The molecule has 0 saturated heterocycles. The Balaban J connectivity index is 1.87. The SMILES string of the molecule is COc1cc(Cl)ccc1C(=O)NCCCn1nc(C)cc1C. The molecule has 0 atom stereocenters. The average Bonchev–Trinajstić information content (AvgIpc) is 2.81. The van der Waals surface area contributed by atoms with Gasteiger partial charge in [-0.25, -0.2) is 0 Å². The van der Waals surface area contributed by atoms with E-state index in [-0.39, 0.29) is 5.91 Å². The van der Waals surface area contributed by atoms with Gasteiger partial charge < -0.3 is 10.1 Å². The fraction of sp³-hybridized carbons (Fsp3) is 0.375. The van der Waals surface area contributed by atoms with Crippen LogP contribution in [-0.4, -0.2) is 29.3 Å². The molecule has 22 heavy (non-hydrogen) atoms. The number of ether oxygens (including phenoxy) is 1. The van der Waals surface area contributed by atoms with Gasteiger partial charge in [0.15, 0.2) is 0 Å². The number of benzene rings is 1. The van der Waals surface area contributed by atoms with Crippen molar-refractivity contribution in [3.05, 3.63) is 46.2 Å². The highest BCUT2D eigenvalue weighted by molar-refractivity contribution is 6.30. The van der Waals surface area contributed by atoms with Crippen molar-refractivity contribution in [3.8, 4) is 5.75 Å². The van der Waals surface area contributed by atoms with Crippen molar-refractivity contribution in [2.75, 3.05) is 13.7 Å². The van der Waals surface area contributed by atoms with Crippen LogP contribution in [-0.2, 0) is 6.54 Å². The van der Waals surface area contributed by atoms with E-state index < -0.39 is 0 Å². The maximum atomic E-state index is 12.2. The molecule has 2 rings (SSSR count). The second kappa shape index (κ2) is 7.31. The van der Waals surface area contributed by atoms with Crippen LogP contribution < -0.4 is 10.1 Å². The van der Waals surface area contributed by atoms with Gasteiger partial charge >= 0.3 is 0 Å². The van der Waals surface area contributed by atoms with Crippen molar-refractivity contribution in [1.82, 2.24) is 15.1 Å². The summed E-state index contributed by atoms with van der Waals surface area (Å²) in [6, 6.07) is 7.01. The minimum absolute atomic E-state index is 0.165. The van der Waals surface area contributed by atoms with Crippen molar-refractivity contribution in [2.45, 2.75) is 26.8 Å². The highest BCUT2D eigenvalue weighted by Gasteiger charge is 2.12. The van der Waals surface area contributed by atoms with E-state index in [0.717, 1.165) is 24.4 Å². The molecule has 0 aliphatic heterocycles. The smallest absolute Gasteiger partial charge is 0.255 e. The molecule has 1 aromatic heterocycles. The Kier molecular flexibility index (Phi) is 5.44. The number of nitrogens with one attached hydrogen (secondary N) is 1. The first-order valence-corrected chi connectivity index (χ1v) is 7.52. The lowest BCUT2D eigenvalue weighted by Crippen LogP contribution is -2.26. The first-order chi connectivity index (χ1) is 10.5. The zero-order valence-electron chi connectivity index (χ0n) is 13.0. The van der Waals surface area contributed by atoms with Gasteiger partial charge in [0.25, 0.3) is 5.91 Å². The van der Waals surface area contributed by atoms with E-state index in [2.05, 4.69) is 10.4 Å². The van der Waals surface area contributed by atoms with Crippen LogP contribution in [0.15, 0.2) is 24.3 Å². The molecule has 0 fully saturated rings. The lowest BCUT2D eigenvalue weighted by Gasteiger charge is -2.10. The highest BCUT2D eigenvalue weighted by atomic mass is 35.5. The van der Waals surface area contributed by atoms with E-state index in [4.69, 9.17) is 16.3 Å². The minimum Gasteiger partial charge on any atom is -0.496 e. The van der Waals surface area contributed by atoms with Crippen molar-refractivity contribution >= 4 is 17.5 Å². The van der Waals surface area contributed by atoms with Crippen LogP contribution in [0.1, 0.15) is 28.2 Å². The first kappa shape index (κ1) is 16.4. The lowest BCUT2D eigenvalue weighted by atomic mass is 10.2. The monoisotopic (exact) mass is 321 g/mol. The molecule has 1 N–H and O–H groups in total. The van der Waals surface area contributed by atoms with E-state index in [0.29, 0.717) is 22.9 Å². The van der Waals surface area contributed by atoms with Gasteiger partial charge in [0.1, 0.15) is 5.75 Å². The zero-order chi connectivity index (χ0) is 16.1. The van der Waals surface area contributed by atoms with E-state index in [9.17, 15) is 4.79 Å². The van der Waals surface area contributed by atoms with Crippen molar-refractivity contribution in [2.24, 2.45) is 0 Å². The number of methoxy groups -OCH3 is 1. The number of aryl methyl sites for hydroxylation is 3. The number of nitrogens with zero attached hydrogens (tertiary/aromatic N) is 2. The standard InChI is InChI=1S/C16H20ClN3O2/c1-11-9-12(2)20(19-11)8-4-7-18-16(21)14-6-5-13(17)10-15(14)22-3/h5-6,9-10H,4,7-8H2,1-3H3,(H,18,21). The van der Waals surface area contributed by atoms with Gasteiger partial charge in [-0.1, -0.05) is 11.6 Å². The molecule has 0 saturated carbocycles. The van der Waals surface area contributed by atoms with Crippen LogP contribution in [0.2, 0.25) is 5.02 Å². The van der Waals surface area contributed by atoms with Gasteiger partial charge in [-0.15, -0.1) is 0 Å². The maximum absolute atomic E-state index is 12.2. The van der Waals surface area contributed by atoms with E-state index in [1.54, 1.807) is 18.2 Å². The minimum atomic E-state index is -0.165. The Bertz CT molecular complexity index is 667. The number of hydrogen-bond acceptors (Lipinski definition) is 3. The fourth-order valence-electron chi connectivity index (χ4n) is 2.28. The number of carbonyl (C=O) groups is 1. The summed E-state index contributed by atoms with van der Waals surface area (Å²) in [5.74, 6) is 0.311. The van der Waals surface area contributed by atoms with E-state index >= 15 is 0 Å². The summed E-state index contributed by atoms with van der Waals surface area (Å²) in [6.45, 7) is 5.34. The summed E-state index contributed by atoms with van der Waals surface area (Å²) < 4.78 is 7.13. The molecule has 2 aromatic rings. The Morgan fingerprint density at radius 2 is 2.14 bits per heavy atom. The number of rotatable bonds is 6. The second-order valence-corrected chi connectivity index (χ2v) is 5.54. The molecule has 6 heteroatoms. The molecule has 0 aliphatic rings. The number of aromatic nitrogens is 2. The average molecular weight is 322 g/mol. The van der Waals surface area contributed by atoms with Gasteiger partial charge in [0.05, 0.1) is 18.4 Å². The number of hydrogen-bond donors (Lipinski definition) is 1. The van der Waals surface area contributed by atoms with Gasteiger partial charge in [-0.3, -0.25) is 9.48 Å². The van der Waals surface area contributed by atoms with E-state index in [1.165, 1.54) is 7.11 Å². The Morgan fingerprint density at radius 1 is 1.36 bits per heavy atom. The topological polar surface area (TPSA) is 56.1 Å². The summed E-state index contributed by atoms with van der Waals surface area (Å²) in [7, 11) is 1.52. The van der Waals surface area contributed by atoms with Gasteiger partial charge in [0, 0.05) is 23.8 Å². The molecular formula is C16H20ClN3O2. The molecule has 0 unspecified atom stereocenters. The summed E-state index contributed by atoms with van der Waals surface area (Å²) in [4.78, 5) is 12.2. The summed E-state index contributed by atoms with van der Waals surface area (Å²) in [5.41, 5.74) is 2.62. The predicted molar refractivity (Wildman–Crippen MR) is 86.7 cm³/mol. The van der Waals surface area contributed by atoms with Gasteiger partial charge in [-0.05, 0) is 44.5 Å². The van der Waals surface area contributed by atoms with Crippen LogP contribution in [0.3, 0.4) is 0 Å². The maximum Gasteiger partial charge on any atom is 0.255 e. The molecule has 5 nitrogen and oxygen atoms in total. The number of amides is 1. The van der Waals surface area contributed by atoms with Crippen molar-refractivity contribution in [1.29, 1.82) is 0 Å². The first-order valence-electron chi connectivity index (χ1n) is 7.14. The van der Waals surface area contributed by atoms with E-state index in [1.807, 2.05) is 24.6 Å². The number of halogens is 1. The van der Waals surface area contributed by atoms with Crippen molar-refractivity contribution < 1.29 is 9.53 Å². The number of carbonyl (C=O) groups excluding carboxylic acids is 1. The normalized spacial score (nSPS) is 10.5. The Labute approximate surface area is 135 Å². The summed E-state index contributed by atoms with van der Waals surface area (Å²) >= 11 is 5.89. The van der Waals surface area contributed by atoms with Gasteiger partial charge in [-0.2, -0.15) is 5.10 Å². The van der Waals surface area contributed by atoms with Crippen molar-refractivity contribution in [3.63, 3.8) is 0 Å². The van der Waals surface area contributed by atoms with Crippen LogP contribution in [0.5, 0.6) is 5.75 Å². The lowest BCUT2D eigenvalue weighted by molar-refractivity contribution is 0.0949. The van der Waals surface area contributed by atoms with Gasteiger partial charge in [0.2, 0.25) is 0 Å². The quantitative estimate of drug-likeness (QED) is 0.832. The molecule has 0 spiro atoms. The molecule has 1 heterocycles. The second-order valence-electron chi connectivity index (χ2n) is 5.10. The zero-order valence-corrected chi connectivity index (χ0v) is 13.8. The Morgan fingerprint density at radius 3 is 2.77 bits per heavy atom. The molecule has 0 bridgehead atoms. The largest absolute Gasteiger partial charge is 0.496 e. The third-order valence-electron chi connectivity index (χ3n) is 3.34. The predicted octanol–water partition coefficient (Wildman–Crippen LogP) is 2.98. The molecule has 1 amide bonds. The molecule has 0 radical (unpaired) electrons. The Hall–Kier alpha value is -2.01. The molecule has 1 aromatic carbocycles. The van der Waals surface area contributed by atoms with Crippen LogP contribution >= 0.6 is 11.6 Å². The summed E-state index contributed by atoms with van der Waals surface area (Å²) in [5, 5.41) is 7.82. The van der Waals surface area contributed by atoms with Crippen LogP contribution in [0.4, 0.5) is 0 Å². The van der Waals surface area contributed by atoms with Crippen LogP contribution in [0.25, 0.3) is 0 Å². The molecule has 0 aliphatic carbocycles. The molecular weight excluding hydrogens is 302 g/mol. The fourth-order valence-corrected chi connectivity index (χ4v) is 2.44. The third kappa shape index (κ3) is 4.01. The summed E-state index contributed by atoms with van der Waals surface area (Å²) in [6.07, 6.45) is 0.809. The molecule has 118 valence electrons.